The predicted molar refractivity (Wildman–Crippen MR) is 160 cm³/mol. The molecule has 2 aromatic carbocycles. The van der Waals surface area contributed by atoms with Gasteiger partial charge in [-0.3, -0.25) is 0 Å². The Kier molecular flexibility index (Phi) is 7.73. The van der Waals surface area contributed by atoms with Gasteiger partial charge in [0.25, 0.3) is 0 Å². The highest BCUT2D eigenvalue weighted by atomic mass is 32.2. The second kappa shape index (κ2) is 11.6. The zero-order valence-electron chi connectivity index (χ0n) is 23.9. The fraction of sp³-hybridized carbons (Fsp3) is 0.531. The first-order valence-electron chi connectivity index (χ1n) is 15.1. The molecule has 3 atom stereocenters. The van der Waals surface area contributed by atoms with Crippen LogP contribution in [0.15, 0.2) is 60.0 Å². The number of aryl methyl sites for hydroxylation is 1. The van der Waals surface area contributed by atoms with E-state index >= 15 is 0 Å². The summed E-state index contributed by atoms with van der Waals surface area (Å²) < 4.78 is 14.9. The quantitative estimate of drug-likeness (QED) is 0.288. The van der Waals surface area contributed by atoms with Crippen molar-refractivity contribution >= 4 is 23.5 Å². The summed E-state index contributed by atoms with van der Waals surface area (Å²) in [7, 11) is 1.93. The molecule has 5 aliphatic rings. The summed E-state index contributed by atoms with van der Waals surface area (Å²) in [5.74, 6) is 3.01. The van der Waals surface area contributed by atoms with Gasteiger partial charge in [-0.1, -0.05) is 48.2 Å². The van der Waals surface area contributed by atoms with Crippen molar-refractivity contribution in [3.63, 3.8) is 0 Å². The average Bonchev–Trinajstić information content (AvgIpc) is 3.39. The third-order valence-electron chi connectivity index (χ3n) is 9.52. The van der Waals surface area contributed by atoms with Gasteiger partial charge in [0.1, 0.15) is 6.33 Å². The number of hydrogen-bond acceptors (Lipinski definition) is 7. The minimum atomic E-state index is -0.598. The zero-order chi connectivity index (χ0) is 28.7. The molecule has 3 N–H and O–H groups in total. The van der Waals surface area contributed by atoms with E-state index in [0.29, 0.717) is 12.2 Å². The summed E-state index contributed by atoms with van der Waals surface area (Å²) in [6.07, 6.45) is 8.88. The fourth-order valence-electron chi connectivity index (χ4n) is 8.02. The molecule has 9 nitrogen and oxygen atoms in total. The number of rotatable bonds is 8. The highest BCUT2D eigenvalue weighted by Crippen LogP contribution is 2.55. The molecule has 1 aliphatic heterocycles. The maximum Gasteiger partial charge on any atom is 0.319 e. The molecule has 3 aromatic rings. The number of ether oxygens (including phenoxy) is 2. The van der Waals surface area contributed by atoms with Gasteiger partial charge in [0.2, 0.25) is 0 Å². The van der Waals surface area contributed by atoms with E-state index in [1.165, 1.54) is 19.3 Å². The lowest BCUT2D eigenvalue weighted by Crippen LogP contribution is -2.60. The number of aromatic nitrogens is 3. The molecule has 0 unspecified atom stereocenters. The minimum absolute atomic E-state index is 0.00470. The molecule has 2 amide bonds. The van der Waals surface area contributed by atoms with Gasteiger partial charge < -0.3 is 29.8 Å². The number of nitrogens with one attached hydrogen (secondary N) is 2. The van der Waals surface area contributed by atoms with E-state index in [4.69, 9.17) is 9.47 Å². The smallest absolute Gasteiger partial charge is 0.319 e. The summed E-state index contributed by atoms with van der Waals surface area (Å²) in [6.45, 7) is 0.00470. The maximum absolute atomic E-state index is 13.2. The van der Waals surface area contributed by atoms with E-state index in [1.807, 2.05) is 60.1 Å². The second-order valence-electron chi connectivity index (χ2n) is 12.8. The van der Waals surface area contributed by atoms with E-state index in [1.54, 1.807) is 18.1 Å². The molecular formula is C32H39N5O4S. The van der Waals surface area contributed by atoms with Gasteiger partial charge >= 0.3 is 6.03 Å². The third kappa shape index (κ3) is 5.95. The van der Waals surface area contributed by atoms with E-state index in [9.17, 15) is 9.90 Å². The Morgan fingerprint density at radius 3 is 2.43 bits per heavy atom. The average molecular weight is 590 g/mol. The lowest BCUT2D eigenvalue weighted by Gasteiger charge is -2.56. The third-order valence-corrected chi connectivity index (χ3v) is 10.7. The molecule has 1 aromatic heterocycles. The van der Waals surface area contributed by atoms with Crippen molar-refractivity contribution < 1.29 is 19.4 Å². The van der Waals surface area contributed by atoms with Crippen LogP contribution in [0.4, 0.5) is 10.5 Å². The topological polar surface area (TPSA) is 111 Å². The molecule has 42 heavy (non-hydrogen) atoms. The van der Waals surface area contributed by atoms with Crippen LogP contribution in [0.25, 0.3) is 0 Å². The summed E-state index contributed by atoms with van der Waals surface area (Å²) >= 11 is 1.61. The molecule has 5 fully saturated rings. The van der Waals surface area contributed by atoms with Crippen molar-refractivity contribution in [1.82, 2.24) is 20.1 Å². The Balaban J connectivity index is 1.06. The Hall–Kier alpha value is -2.92. The predicted octanol–water partition coefficient (Wildman–Crippen LogP) is 5.74. The van der Waals surface area contributed by atoms with Gasteiger partial charge in [-0.2, -0.15) is 0 Å². The molecular weight excluding hydrogens is 550 g/mol. The zero-order valence-corrected chi connectivity index (χ0v) is 24.8. The van der Waals surface area contributed by atoms with Crippen LogP contribution in [0.2, 0.25) is 0 Å². The first-order valence-corrected chi connectivity index (χ1v) is 16.1. The SMILES string of the molecule is Cn1cnnc1SC[C@H]1C[C@@H](c2ccc(CO)cc2)O[C@@H](c2cccc(NC(=O)NC34CC5CC(CC(C5)C3)C4)c2)O1. The highest BCUT2D eigenvalue weighted by molar-refractivity contribution is 7.99. The number of carbonyl (C=O) groups excluding carboxylic acids is 1. The summed E-state index contributed by atoms with van der Waals surface area (Å²) in [5, 5.41) is 25.0. The number of amides is 2. The molecule has 4 aliphatic carbocycles. The van der Waals surface area contributed by atoms with E-state index in [-0.39, 0.29) is 30.4 Å². The molecule has 222 valence electrons. The highest BCUT2D eigenvalue weighted by Gasteiger charge is 2.51. The van der Waals surface area contributed by atoms with Gasteiger partial charge in [0.05, 0.1) is 18.8 Å². The second-order valence-corrected chi connectivity index (χ2v) is 13.8. The molecule has 4 bridgehead atoms. The van der Waals surface area contributed by atoms with E-state index < -0.39 is 6.29 Å². The lowest BCUT2D eigenvalue weighted by molar-refractivity contribution is -0.245. The van der Waals surface area contributed by atoms with Crippen LogP contribution < -0.4 is 10.6 Å². The molecule has 1 saturated heterocycles. The van der Waals surface area contributed by atoms with Crippen LogP contribution in [0.3, 0.4) is 0 Å². The van der Waals surface area contributed by atoms with Crippen molar-refractivity contribution in [2.45, 2.75) is 80.7 Å². The van der Waals surface area contributed by atoms with E-state index in [0.717, 1.165) is 64.6 Å². The standard InChI is InChI=1S/C32H39N5O4S/c1-37-19-33-36-31(37)42-18-27-13-28(24-7-5-20(17-38)6-8-24)41-29(40-27)25-3-2-4-26(12-25)34-30(39)35-32-14-21-9-22(15-32)11-23(10-21)16-32/h2-8,12,19,21-23,27-29,38H,9-11,13-18H2,1H3,(H2,34,35,39)/t21?,22?,23?,27-,28+,29+,32?/m1/s1. The van der Waals surface area contributed by atoms with Gasteiger partial charge in [0.15, 0.2) is 11.4 Å². The van der Waals surface area contributed by atoms with Gasteiger partial charge in [-0.15, -0.1) is 10.2 Å². The van der Waals surface area contributed by atoms with Crippen LogP contribution in [0, 0.1) is 17.8 Å². The Labute approximate surface area is 250 Å². The van der Waals surface area contributed by atoms with Crippen LogP contribution in [-0.4, -0.2) is 43.3 Å². The number of carbonyl (C=O) groups is 1. The van der Waals surface area contributed by atoms with E-state index in [2.05, 4.69) is 20.8 Å². The number of urea groups is 1. The summed E-state index contributed by atoms with van der Waals surface area (Å²) in [5.41, 5.74) is 3.44. The Morgan fingerprint density at radius 1 is 1.02 bits per heavy atom. The first kappa shape index (κ1) is 27.9. The maximum atomic E-state index is 13.2. The molecule has 10 heteroatoms. The van der Waals surface area contributed by atoms with Crippen LogP contribution in [-0.2, 0) is 23.1 Å². The number of thioether (sulfide) groups is 1. The molecule has 2 heterocycles. The van der Waals surface area contributed by atoms with Gasteiger partial charge in [0, 0.05) is 36.0 Å². The lowest BCUT2D eigenvalue weighted by atomic mass is 9.53. The molecule has 4 saturated carbocycles. The van der Waals surface area contributed by atoms with Crippen LogP contribution in [0.5, 0.6) is 0 Å². The molecule has 0 radical (unpaired) electrons. The summed E-state index contributed by atoms with van der Waals surface area (Å²) in [4.78, 5) is 13.2. The van der Waals surface area contributed by atoms with Crippen molar-refractivity contribution in [1.29, 1.82) is 0 Å². The normalized spacial score (nSPS) is 31.7. The first-order chi connectivity index (χ1) is 20.4. The number of benzene rings is 2. The van der Waals surface area contributed by atoms with Crippen molar-refractivity contribution in [2.75, 3.05) is 11.1 Å². The van der Waals surface area contributed by atoms with Crippen molar-refractivity contribution in [3.05, 3.63) is 71.5 Å². The Morgan fingerprint density at radius 2 is 1.76 bits per heavy atom. The minimum Gasteiger partial charge on any atom is -0.392 e. The van der Waals surface area contributed by atoms with Gasteiger partial charge in [-0.25, -0.2) is 4.79 Å². The number of nitrogens with zero attached hydrogens (tertiary/aromatic N) is 3. The number of hydrogen-bond donors (Lipinski definition) is 3. The number of anilines is 1. The number of aliphatic hydroxyl groups excluding tert-OH is 1. The summed E-state index contributed by atoms with van der Waals surface area (Å²) in [6, 6.07) is 15.5. The largest absolute Gasteiger partial charge is 0.392 e. The molecule has 8 rings (SSSR count). The van der Waals surface area contributed by atoms with Crippen molar-refractivity contribution in [2.24, 2.45) is 24.8 Å². The molecule has 0 spiro atoms. The Bertz CT molecular complexity index is 1380. The van der Waals surface area contributed by atoms with Gasteiger partial charge in [-0.05, 0) is 79.5 Å². The van der Waals surface area contributed by atoms with Crippen LogP contribution in [0.1, 0.15) is 74.0 Å². The van der Waals surface area contributed by atoms with Crippen LogP contribution >= 0.6 is 11.8 Å². The monoisotopic (exact) mass is 589 g/mol. The van der Waals surface area contributed by atoms with Crippen molar-refractivity contribution in [3.8, 4) is 0 Å². The number of aliphatic hydroxyl groups is 1. The fourth-order valence-corrected chi connectivity index (χ4v) is 8.93.